The van der Waals surface area contributed by atoms with E-state index in [-0.39, 0.29) is 61.7 Å². The van der Waals surface area contributed by atoms with E-state index in [0.29, 0.717) is 17.3 Å². The maximum absolute atomic E-state index is 13.3. The zero-order valence-corrected chi connectivity index (χ0v) is 57.6. The van der Waals surface area contributed by atoms with E-state index in [0.717, 1.165) is 85.1 Å². The molecular formula is C64H43Al3F3N10O5SZn2. The Morgan fingerprint density at radius 1 is 0.352 bits per heavy atom. The number of hydrogen-bond donors (Lipinski definition) is 2. The summed E-state index contributed by atoms with van der Waals surface area (Å²) < 4.78 is 57.1. The van der Waals surface area contributed by atoms with Gasteiger partial charge in [0, 0.05) is 144 Å². The molecule has 3 aromatic carbocycles. The second kappa shape index (κ2) is 32.0. The average molecular weight is 1330 g/mol. The molecule has 14 aromatic rings. The summed E-state index contributed by atoms with van der Waals surface area (Å²) in [4.78, 5) is 40.9. The Labute approximate surface area is 556 Å². The molecule has 0 aliphatic rings. The second-order valence-electron chi connectivity index (χ2n) is 18.1. The van der Waals surface area contributed by atoms with E-state index in [1.807, 2.05) is 79.1 Å². The smallest absolute Gasteiger partial charge is 0.494 e. The van der Waals surface area contributed by atoms with Crippen LogP contribution in [-0.2, 0) is 39.0 Å². The third-order valence-electron chi connectivity index (χ3n) is 12.8. The van der Waals surface area contributed by atoms with Gasteiger partial charge in [-0.15, -0.1) is 11.3 Å². The van der Waals surface area contributed by atoms with Crippen LogP contribution in [0.15, 0.2) is 232 Å². The van der Waals surface area contributed by atoms with Gasteiger partial charge in [0.1, 0.15) is 51.7 Å². The summed E-state index contributed by atoms with van der Waals surface area (Å²) in [5.74, 6) is 0.152. The normalized spacial score (nSPS) is 10.3. The first-order valence-corrected chi connectivity index (χ1v) is 28.4. The molecule has 0 saturated carbocycles. The number of halogens is 3. The molecule has 0 unspecified atom stereocenters. The first-order chi connectivity index (χ1) is 42.1. The number of benzene rings is 3. The van der Waals surface area contributed by atoms with Crippen molar-refractivity contribution in [2.75, 3.05) is 0 Å². The Hall–Kier alpha value is -8.47. The maximum Gasteiger partial charge on any atom is 0.494 e. The van der Waals surface area contributed by atoms with Crippen LogP contribution < -0.4 is 11.4 Å². The number of rotatable bonds is 8. The maximum atomic E-state index is 13.3. The first-order valence-electron chi connectivity index (χ1n) is 25.9. The molecule has 15 nitrogen and oxygen atoms in total. The minimum absolute atomic E-state index is 0. The summed E-state index contributed by atoms with van der Waals surface area (Å²) in [6.07, 6.45) is 21.8. The molecule has 11 aromatic heterocycles. The summed E-state index contributed by atoms with van der Waals surface area (Å²) in [7, 11) is 0. The number of aromatic hydroxyl groups is 2. The Balaban J connectivity index is 0.000000143. The Morgan fingerprint density at radius 3 is 1.67 bits per heavy atom. The molecular weight excluding hydrogens is 1290 g/mol. The van der Waals surface area contributed by atoms with Crippen molar-refractivity contribution in [3.63, 3.8) is 0 Å². The van der Waals surface area contributed by atoms with Gasteiger partial charge in [-0.3, -0.25) is 44.9 Å². The summed E-state index contributed by atoms with van der Waals surface area (Å²) in [5, 5.41) is 25.9. The average Bonchev–Trinajstić information content (AvgIpc) is 2.02. The van der Waals surface area contributed by atoms with Gasteiger partial charge in [0.2, 0.25) is 0 Å². The molecule has 0 atom stereocenters. The molecule has 14 rings (SSSR count). The molecule has 88 heavy (non-hydrogen) atoms. The van der Waals surface area contributed by atoms with Crippen molar-refractivity contribution < 1.29 is 73.7 Å². The third kappa shape index (κ3) is 16.0. The van der Waals surface area contributed by atoms with E-state index in [2.05, 4.69) is 98.4 Å². The van der Waals surface area contributed by atoms with Crippen LogP contribution >= 0.6 is 11.3 Å². The fourth-order valence-electron chi connectivity index (χ4n) is 8.75. The second-order valence-corrected chi connectivity index (χ2v) is 20.1. The topological polar surface area (TPSA) is 197 Å². The van der Waals surface area contributed by atoms with Crippen LogP contribution in [0, 0.1) is 17.5 Å². The molecule has 0 aliphatic heterocycles. The molecule has 0 spiro atoms. The molecule has 11 heterocycles. The van der Waals surface area contributed by atoms with E-state index in [4.69, 9.17) is 11.4 Å². The van der Waals surface area contributed by atoms with Crippen molar-refractivity contribution in [2.45, 2.75) is 0 Å². The zero-order chi connectivity index (χ0) is 59.8. The zero-order valence-electron chi connectivity index (χ0n) is 46.6. The predicted octanol–water partition coefficient (Wildman–Crippen LogP) is 12.8. The number of fused-ring (bicyclic) bond motifs is 5. The van der Waals surface area contributed by atoms with Crippen molar-refractivity contribution in [3.8, 4) is 85.2 Å². The van der Waals surface area contributed by atoms with Gasteiger partial charge in [-0.05, 0) is 83.6 Å². The number of pyridine rings is 10. The van der Waals surface area contributed by atoms with Gasteiger partial charge in [0.25, 0.3) is 0 Å². The number of aromatic nitrogens is 10. The van der Waals surface area contributed by atoms with E-state index < -0.39 is 17.5 Å². The fourth-order valence-corrected chi connectivity index (χ4v) is 10.5. The Morgan fingerprint density at radius 2 is 0.955 bits per heavy atom. The van der Waals surface area contributed by atoms with Crippen molar-refractivity contribution in [1.29, 1.82) is 0 Å². The van der Waals surface area contributed by atoms with Crippen molar-refractivity contribution in [1.82, 2.24) is 49.8 Å². The minimum atomic E-state index is -0.823. The van der Waals surface area contributed by atoms with Gasteiger partial charge in [-0.25, -0.2) is 18.2 Å². The molecule has 24 heteroatoms. The monoisotopic (exact) mass is 1330 g/mol. The molecule has 0 saturated heterocycles. The Kier molecular flexibility index (Phi) is 23.8. The van der Waals surface area contributed by atoms with Crippen molar-refractivity contribution >= 4 is 103 Å². The van der Waals surface area contributed by atoms with Crippen LogP contribution in [0.3, 0.4) is 0 Å². The molecule has 3 radical (unpaired) electrons. The van der Waals surface area contributed by atoms with Gasteiger partial charge in [0.05, 0.1) is 64.1 Å². The van der Waals surface area contributed by atoms with E-state index in [1.165, 1.54) is 107 Å². The van der Waals surface area contributed by atoms with Gasteiger partial charge < -0.3 is 21.6 Å². The van der Waals surface area contributed by atoms with Crippen molar-refractivity contribution in [2.24, 2.45) is 0 Å². The van der Waals surface area contributed by atoms with Gasteiger partial charge >= 0.3 is 49.9 Å². The molecule has 0 aliphatic carbocycles. The largest absolute Gasteiger partial charge is 0.650 e. The van der Waals surface area contributed by atoms with E-state index >= 15 is 0 Å². The predicted molar refractivity (Wildman–Crippen MR) is 332 cm³/mol. The van der Waals surface area contributed by atoms with Crippen LogP contribution in [0.2, 0.25) is 0 Å². The summed E-state index contributed by atoms with van der Waals surface area (Å²) >= 11 is 6.12. The summed E-state index contributed by atoms with van der Waals surface area (Å²) in [6.45, 7) is 0. The standard InChI is InChI=1S/C16H10N2OS.2C14H10N2O.C10H6F2N2O.C10H7FN2O.3Al.2Zn.3H/c19-14-8-17-6-5-11(14)13-7-12-10-3-1-2-4-15(10)20-16(12)9-18-13;17-12-6-3-8-15-14(12)13-11-5-2-1-4-10(11)7-9-16-13;17-14-5-6-15-9-12(14)13-7-10-3-1-2-4-11(10)8-16-13;11-6-3-8(12)10(14-4-6)7-1-2-13-5-9(7)15;11-7-1-2-9(13-5-7)8-3-4-12-6-10(8)14;;;;;;;;/h1-9,19H;1-9,17H;1-9H,(H,15,17);1-5,15H;1-6,14H;;;;;;;;/q;;;;;3*+1;;;;;/p-3. The molecule has 0 bridgehead atoms. The first kappa shape index (κ1) is 65.5. The van der Waals surface area contributed by atoms with E-state index in [1.54, 1.807) is 60.8 Å². The number of hydrogen-bond acceptors (Lipinski definition) is 16. The van der Waals surface area contributed by atoms with Crippen LogP contribution in [0.1, 0.15) is 0 Å². The van der Waals surface area contributed by atoms with Crippen LogP contribution in [-0.4, -0.2) is 110 Å². The quantitative estimate of drug-likeness (QED) is 0.136. The molecule has 2 N–H and O–H groups in total. The number of nitrogens with zero attached hydrogens (tertiary/aromatic N) is 10. The van der Waals surface area contributed by atoms with Gasteiger partial charge in [-0.2, -0.15) is 0 Å². The Bertz CT molecular complexity index is 4640. The number of thiophene rings is 1. The SMILES string of the molecule is Oc1cnccc1-c1ccc(F)cn1.Oc1cnccc1-c1ncc(F)cc1F.[AlH][O]c1cccnc1-c1nccc2ccccc12.[AlH][O]c1ccncc1-c1cc2ccccc2cn1.[AlH][O]c1cnccc1-c1cc2c(cn1)sc1ccccc12.[Zn].[Zn]. The molecule has 0 amide bonds. The van der Waals surface area contributed by atoms with Crippen LogP contribution in [0.5, 0.6) is 28.7 Å². The fraction of sp³-hybridized carbons (Fsp3) is 0. The molecule has 419 valence electrons. The minimum Gasteiger partial charge on any atom is -0.650 e. The summed E-state index contributed by atoms with van der Waals surface area (Å²) in [6, 6.07) is 45.0. The third-order valence-corrected chi connectivity index (χ3v) is 14.9. The van der Waals surface area contributed by atoms with Crippen LogP contribution in [0.4, 0.5) is 13.2 Å². The van der Waals surface area contributed by atoms with Gasteiger partial charge in [-0.1, -0.05) is 66.7 Å². The van der Waals surface area contributed by atoms with Crippen LogP contribution in [0.25, 0.3) is 98.1 Å². The summed E-state index contributed by atoms with van der Waals surface area (Å²) in [5.41, 5.74) is 6.46. The van der Waals surface area contributed by atoms with Crippen molar-refractivity contribution in [3.05, 3.63) is 250 Å². The van der Waals surface area contributed by atoms with E-state index in [9.17, 15) is 23.4 Å². The molecule has 0 fully saturated rings. The van der Waals surface area contributed by atoms with Gasteiger partial charge in [0.15, 0.2) is 5.82 Å².